The third-order valence-corrected chi connectivity index (χ3v) is 3.10. The second-order valence-corrected chi connectivity index (χ2v) is 6.24. The van der Waals surface area contributed by atoms with Crippen LogP contribution in [-0.4, -0.2) is 18.5 Å². The maximum absolute atomic E-state index is 13.3. The Morgan fingerprint density at radius 1 is 1.31 bits per heavy atom. The molecule has 1 nitrogen and oxygen atoms in total. The van der Waals surface area contributed by atoms with Crippen LogP contribution in [0.3, 0.4) is 0 Å². The van der Waals surface area contributed by atoms with Crippen LogP contribution in [0.1, 0.15) is 26.3 Å². The molecule has 0 spiro atoms. The molecule has 0 atom stereocenters. The van der Waals surface area contributed by atoms with E-state index in [4.69, 9.17) is 0 Å². The van der Waals surface area contributed by atoms with Gasteiger partial charge in [-0.2, -0.15) is 0 Å². The van der Waals surface area contributed by atoms with Crippen LogP contribution in [0.25, 0.3) is 0 Å². The zero-order valence-electron chi connectivity index (χ0n) is 10.3. The van der Waals surface area contributed by atoms with Gasteiger partial charge in [0.2, 0.25) is 0 Å². The van der Waals surface area contributed by atoms with Crippen LogP contribution in [0, 0.1) is 11.2 Å². The summed E-state index contributed by atoms with van der Waals surface area (Å²) in [7, 11) is 2.06. The Morgan fingerprint density at radius 2 is 1.94 bits per heavy atom. The Balaban J connectivity index is 2.70. The maximum atomic E-state index is 13.3. The highest BCUT2D eigenvalue weighted by Gasteiger charge is 2.15. The average molecular weight is 288 g/mol. The monoisotopic (exact) mass is 287 g/mol. The summed E-state index contributed by atoms with van der Waals surface area (Å²) >= 11 is 3.29. The van der Waals surface area contributed by atoms with Gasteiger partial charge in [0, 0.05) is 13.1 Å². The molecule has 0 amide bonds. The summed E-state index contributed by atoms with van der Waals surface area (Å²) in [6.07, 6.45) is 0. The first-order valence-electron chi connectivity index (χ1n) is 5.41. The van der Waals surface area contributed by atoms with Gasteiger partial charge in [0.25, 0.3) is 0 Å². The lowest BCUT2D eigenvalue weighted by Crippen LogP contribution is -2.29. The van der Waals surface area contributed by atoms with Gasteiger partial charge < -0.3 is 4.90 Å². The molecule has 3 heteroatoms. The molecule has 0 bridgehead atoms. The lowest BCUT2D eigenvalue weighted by atomic mass is 9.96. The van der Waals surface area contributed by atoms with Gasteiger partial charge in [-0.05, 0) is 40.0 Å². The van der Waals surface area contributed by atoms with Crippen molar-refractivity contribution in [1.82, 2.24) is 4.90 Å². The van der Waals surface area contributed by atoms with Crippen LogP contribution in [0.4, 0.5) is 4.39 Å². The number of hydrogen-bond donors (Lipinski definition) is 0. The lowest BCUT2D eigenvalue weighted by Gasteiger charge is -2.26. The standard InChI is InChI=1S/C13H19BrFN/c1-13(2,3)9-16(4)8-10-6-5-7-11(15)12(10)14/h5-7H,8-9H2,1-4H3. The van der Waals surface area contributed by atoms with Crippen molar-refractivity contribution >= 4 is 15.9 Å². The highest BCUT2D eigenvalue weighted by molar-refractivity contribution is 9.10. The molecule has 16 heavy (non-hydrogen) atoms. The fourth-order valence-electron chi connectivity index (χ4n) is 1.83. The summed E-state index contributed by atoms with van der Waals surface area (Å²) in [4.78, 5) is 2.21. The summed E-state index contributed by atoms with van der Waals surface area (Å²) < 4.78 is 13.9. The molecule has 1 aromatic rings. The van der Waals surface area contributed by atoms with Gasteiger partial charge >= 0.3 is 0 Å². The van der Waals surface area contributed by atoms with Gasteiger partial charge in [-0.1, -0.05) is 32.9 Å². The predicted octanol–water partition coefficient (Wildman–Crippen LogP) is 4.07. The molecule has 1 aromatic carbocycles. The number of halogens is 2. The lowest BCUT2D eigenvalue weighted by molar-refractivity contribution is 0.220. The van der Waals surface area contributed by atoms with Gasteiger partial charge in [-0.15, -0.1) is 0 Å². The molecule has 0 saturated heterocycles. The number of hydrogen-bond acceptors (Lipinski definition) is 1. The molecule has 0 aliphatic carbocycles. The van der Waals surface area contributed by atoms with E-state index < -0.39 is 0 Å². The largest absolute Gasteiger partial charge is 0.302 e. The molecule has 0 aliphatic rings. The Hall–Kier alpha value is -0.410. The molecule has 0 heterocycles. The van der Waals surface area contributed by atoms with Crippen molar-refractivity contribution in [3.63, 3.8) is 0 Å². The first kappa shape index (κ1) is 13.7. The summed E-state index contributed by atoms with van der Waals surface area (Å²) in [6.45, 7) is 8.34. The third-order valence-electron chi connectivity index (χ3n) is 2.22. The van der Waals surface area contributed by atoms with E-state index in [0.29, 0.717) is 4.47 Å². The molecular weight excluding hydrogens is 269 g/mol. The number of benzene rings is 1. The molecular formula is C13H19BrFN. The van der Waals surface area contributed by atoms with Crippen LogP contribution >= 0.6 is 15.9 Å². The summed E-state index contributed by atoms with van der Waals surface area (Å²) in [6, 6.07) is 5.17. The van der Waals surface area contributed by atoms with Crippen LogP contribution < -0.4 is 0 Å². The van der Waals surface area contributed by atoms with Crippen molar-refractivity contribution in [3.8, 4) is 0 Å². The minimum atomic E-state index is -0.193. The summed E-state index contributed by atoms with van der Waals surface area (Å²) in [5.74, 6) is -0.193. The van der Waals surface area contributed by atoms with Crippen molar-refractivity contribution in [1.29, 1.82) is 0 Å². The van der Waals surface area contributed by atoms with Crippen molar-refractivity contribution in [3.05, 3.63) is 34.1 Å². The van der Waals surface area contributed by atoms with E-state index in [9.17, 15) is 4.39 Å². The molecule has 1 rings (SSSR count). The SMILES string of the molecule is CN(Cc1cccc(F)c1Br)CC(C)(C)C. The first-order chi connectivity index (χ1) is 7.29. The zero-order valence-corrected chi connectivity index (χ0v) is 11.9. The first-order valence-corrected chi connectivity index (χ1v) is 6.20. The molecule has 0 aromatic heterocycles. The van der Waals surface area contributed by atoms with E-state index in [1.807, 2.05) is 6.07 Å². The van der Waals surface area contributed by atoms with Gasteiger partial charge in [0.15, 0.2) is 0 Å². The van der Waals surface area contributed by atoms with Crippen LogP contribution in [0.5, 0.6) is 0 Å². The van der Waals surface area contributed by atoms with E-state index in [-0.39, 0.29) is 11.2 Å². The topological polar surface area (TPSA) is 3.24 Å². The quantitative estimate of drug-likeness (QED) is 0.810. The normalized spacial score (nSPS) is 12.2. The summed E-state index contributed by atoms with van der Waals surface area (Å²) in [5.41, 5.74) is 1.25. The number of rotatable bonds is 3. The van der Waals surface area contributed by atoms with Crippen molar-refractivity contribution in [2.45, 2.75) is 27.3 Å². The predicted molar refractivity (Wildman–Crippen MR) is 69.9 cm³/mol. The van der Waals surface area contributed by atoms with Gasteiger partial charge in [-0.3, -0.25) is 0 Å². The van der Waals surface area contributed by atoms with E-state index in [2.05, 4.69) is 48.6 Å². The van der Waals surface area contributed by atoms with Gasteiger partial charge in [0.05, 0.1) is 4.47 Å². The van der Waals surface area contributed by atoms with E-state index in [1.54, 1.807) is 6.07 Å². The van der Waals surface area contributed by atoms with E-state index >= 15 is 0 Å². The Labute approximate surface area is 106 Å². The van der Waals surface area contributed by atoms with Crippen molar-refractivity contribution in [2.24, 2.45) is 5.41 Å². The molecule has 0 N–H and O–H groups in total. The molecule has 0 radical (unpaired) electrons. The highest BCUT2D eigenvalue weighted by Crippen LogP contribution is 2.23. The summed E-state index contributed by atoms with van der Waals surface area (Å²) in [5, 5.41) is 0. The Kier molecular flexibility index (Phi) is 4.51. The zero-order chi connectivity index (χ0) is 12.3. The highest BCUT2D eigenvalue weighted by atomic mass is 79.9. The minimum Gasteiger partial charge on any atom is -0.302 e. The fraction of sp³-hybridized carbons (Fsp3) is 0.538. The van der Waals surface area contributed by atoms with E-state index in [1.165, 1.54) is 6.07 Å². The minimum absolute atomic E-state index is 0.193. The van der Waals surface area contributed by atoms with Crippen LogP contribution in [-0.2, 0) is 6.54 Å². The second-order valence-electron chi connectivity index (χ2n) is 5.45. The Morgan fingerprint density at radius 3 is 2.50 bits per heavy atom. The fourth-order valence-corrected chi connectivity index (χ4v) is 2.22. The van der Waals surface area contributed by atoms with Crippen molar-refractivity contribution in [2.75, 3.05) is 13.6 Å². The van der Waals surface area contributed by atoms with E-state index in [0.717, 1.165) is 18.7 Å². The number of nitrogens with zero attached hydrogens (tertiary/aromatic N) is 1. The molecule has 0 unspecified atom stereocenters. The maximum Gasteiger partial charge on any atom is 0.137 e. The molecule has 0 fully saturated rings. The van der Waals surface area contributed by atoms with Crippen LogP contribution in [0.2, 0.25) is 0 Å². The third kappa shape index (κ3) is 4.22. The molecule has 0 aliphatic heterocycles. The van der Waals surface area contributed by atoms with Gasteiger partial charge in [0.1, 0.15) is 5.82 Å². The van der Waals surface area contributed by atoms with Gasteiger partial charge in [-0.25, -0.2) is 4.39 Å². The molecule has 0 saturated carbocycles. The smallest absolute Gasteiger partial charge is 0.137 e. The Bertz CT molecular complexity index is 357. The van der Waals surface area contributed by atoms with Crippen molar-refractivity contribution < 1.29 is 4.39 Å². The van der Waals surface area contributed by atoms with Crippen LogP contribution in [0.15, 0.2) is 22.7 Å². The second kappa shape index (κ2) is 5.28. The average Bonchev–Trinajstić information content (AvgIpc) is 2.09. The molecule has 90 valence electrons.